The van der Waals surface area contributed by atoms with Crippen molar-refractivity contribution >= 4 is 27.7 Å². The van der Waals surface area contributed by atoms with Crippen LogP contribution in [-0.2, 0) is 6.42 Å². The third kappa shape index (κ3) is 3.43. The predicted octanol–water partition coefficient (Wildman–Crippen LogP) is 3.03. The minimum Gasteiger partial charge on any atom is -0.301 e. The maximum Gasteiger partial charge on any atom is 0.251 e. The summed E-state index contributed by atoms with van der Waals surface area (Å²) in [5.74, 6) is 0. The molecule has 0 aromatic carbocycles. The van der Waals surface area contributed by atoms with Crippen LogP contribution in [0.3, 0.4) is 0 Å². The summed E-state index contributed by atoms with van der Waals surface area (Å²) in [6, 6.07) is 5.29. The first-order chi connectivity index (χ1) is 8.69. The molecule has 0 saturated heterocycles. The quantitative estimate of drug-likeness (QED) is 0.878. The van der Waals surface area contributed by atoms with E-state index in [1.807, 2.05) is 12.1 Å². The van der Waals surface area contributed by atoms with Crippen LogP contribution in [-0.4, -0.2) is 15.0 Å². The highest BCUT2D eigenvalue weighted by Gasteiger charge is 2.06. The molecule has 2 heterocycles. The van der Waals surface area contributed by atoms with Gasteiger partial charge in [-0.1, -0.05) is 13.3 Å². The Bertz CT molecular complexity index is 600. The van der Waals surface area contributed by atoms with Crippen molar-refractivity contribution in [1.29, 1.82) is 0 Å². The number of nitrogens with zero attached hydrogens (tertiary/aromatic N) is 2. The number of H-pyrrole nitrogens is 1. The zero-order chi connectivity index (χ0) is 13.0. The van der Waals surface area contributed by atoms with Gasteiger partial charge in [-0.05, 0) is 46.2 Å². The van der Waals surface area contributed by atoms with Gasteiger partial charge >= 0.3 is 0 Å². The number of aryl methyl sites for hydroxylation is 1. The molecule has 94 valence electrons. The predicted molar refractivity (Wildman–Crippen MR) is 74.9 cm³/mol. The van der Waals surface area contributed by atoms with Gasteiger partial charge in [0.2, 0.25) is 0 Å². The van der Waals surface area contributed by atoms with Gasteiger partial charge in [-0.15, -0.1) is 0 Å². The molecule has 2 aromatic rings. The molecule has 0 aliphatic rings. The number of rotatable bonds is 4. The average Bonchev–Trinajstić information content (AvgIpc) is 2.32. The van der Waals surface area contributed by atoms with Gasteiger partial charge in [0.25, 0.3) is 5.56 Å². The van der Waals surface area contributed by atoms with E-state index in [4.69, 9.17) is 0 Å². The summed E-state index contributed by atoms with van der Waals surface area (Å²) < 4.78 is 0.888. The highest BCUT2D eigenvalue weighted by atomic mass is 79.9. The minimum absolute atomic E-state index is 0.122. The van der Waals surface area contributed by atoms with E-state index in [1.165, 1.54) is 11.8 Å². The van der Waals surface area contributed by atoms with Crippen molar-refractivity contribution in [1.82, 2.24) is 15.0 Å². The monoisotopic (exact) mass is 325 g/mol. The van der Waals surface area contributed by atoms with E-state index in [0.717, 1.165) is 28.0 Å². The van der Waals surface area contributed by atoms with E-state index in [9.17, 15) is 4.79 Å². The van der Waals surface area contributed by atoms with Crippen LogP contribution in [0.25, 0.3) is 0 Å². The number of pyridine rings is 1. The van der Waals surface area contributed by atoms with E-state index in [2.05, 4.69) is 37.8 Å². The van der Waals surface area contributed by atoms with Crippen LogP contribution in [0, 0.1) is 0 Å². The van der Waals surface area contributed by atoms with Crippen molar-refractivity contribution < 1.29 is 0 Å². The van der Waals surface area contributed by atoms with Crippen LogP contribution in [0.15, 0.2) is 43.8 Å². The topological polar surface area (TPSA) is 58.6 Å². The van der Waals surface area contributed by atoms with Crippen molar-refractivity contribution in [2.45, 2.75) is 29.9 Å². The second-order valence-corrected chi connectivity index (χ2v) is 5.52. The van der Waals surface area contributed by atoms with Gasteiger partial charge in [-0.3, -0.25) is 4.79 Å². The number of hydrogen-bond donors (Lipinski definition) is 1. The summed E-state index contributed by atoms with van der Waals surface area (Å²) in [5.41, 5.74) is 0.693. The van der Waals surface area contributed by atoms with E-state index in [-0.39, 0.29) is 5.56 Å². The van der Waals surface area contributed by atoms with Crippen LogP contribution in [0.2, 0.25) is 0 Å². The Hall–Kier alpha value is -1.14. The van der Waals surface area contributed by atoms with Crippen LogP contribution in [0.1, 0.15) is 19.0 Å². The molecule has 4 nitrogen and oxygen atoms in total. The second-order valence-electron chi connectivity index (χ2n) is 3.68. The van der Waals surface area contributed by atoms with Gasteiger partial charge in [0.05, 0.1) is 4.47 Å². The minimum atomic E-state index is -0.122. The Morgan fingerprint density at radius 2 is 2.33 bits per heavy atom. The van der Waals surface area contributed by atoms with Crippen molar-refractivity contribution in [3.63, 3.8) is 0 Å². The zero-order valence-electron chi connectivity index (χ0n) is 9.81. The lowest BCUT2D eigenvalue weighted by atomic mass is 10.2. The largest absolute Gasteiger partial charge is 0.301 e. The fourth-order valence-corrected chi connectivity index (χ4v) is 2.73. The summed E-state index contributed by atoms with van der Waals surface area (Å²) >= 11 is 4.76. The highest BCUT2D eigenvalue weighted by Crippen LogP contribution is 2.28. The van der Waals surface area contributed by atoms with Crippen LogP contribution in [0.5, 0.6) is 0 Å². The zero-order valence-corrected chi connectivity index (χ0v) is 12.2. The molecule has 0 unspecified atom stereocenters. The van der Waals surface area contributed by atoms with E-state index in [0.29, 0.717) is 5.16 Å². The summed E-state index contributed by atoms with van der Waals surface area (Å²) in [6.45, 7) is 2.06. The van der Waals surface area contributed by atoms with Crippen molar-refractivity contribution in [3.05, 3.63) is 44.9 Å². The maximum atomic E-state index is 11.5. The Kier molecular flexibility index (Phi) is 4.54. The van der Waals surface area contributed by atoms with Gasteiger partial charge in [0.15, 0.2) is 5.16 Å². The first kappa shape index (κ1) is 13.3. The standard InChI is InChI=1S/C12H12BrN3OS/c1-2-4-8-7-10(17)16-12(15-8)18-11-9(13)5-3-6-14-11/h3,5-7H,2,4H2,1H3,(H,15,16,17). The van der Waals surface area contributed by atoms with Gasteiger partial charge in [-0.2, -0.15) is 0 Å². The van der Waals surface area contributed by atoms with Crippen LogP contribution < -0.4 is 5.56 Å². The van der Waals surface area contributed by atoms with Crippen LogP contribution in [0.4, 0.5) is 0 Å². The third-order valence-electron chi connectivity index (χ3n) is 2.20. The Balaban J connectivity index is 2.29. The lowest BCUT2D eigenvalue weighted by molar-refractivity contribution is 0.815. The number of aromatic amines is 1. The fourth-order valence-electron chi connectivity index (χ4n) is 1.45. The highest BCUT2D eigenvalue weighted by molar-refractivity contribution is 9.10. The number of hydrogen-bond acceptors (Lipinski definition) is 4. The van der Waals surface area contributed by atoms with Crippen molar-refractivity contribution in [3.8, 4) is 0 Å². The Morgan fingerprint density at radius 3 is 3.06 bits per heavy atom. The van der Waals surface area contributed by atoms with E-state index < -0.39 is 0 Å². The second kappa shape index (κ2) is 6.15. The van der Waals surface area contributed by atoms with Gasteiger partial charge in [0, 0.05) is 18.0 Å². The molecule has 2 aromatic heterocycles. The molecular weight excluding hydrogens is 314 g/mol. The van der Waals surface area contributed by atoms with Gasteiger partial charge in [-0.25, -0.2) is 9.97 Å². The third-order valence-corrected chi connectivity index (χ3v) is 4.00. The first-order valence-corrected chi connectivity index (χ1v) is 7.18. The molecule has 1 N–H and O–H groups in total. The number of halogens is 1. The van der Waals surface area contributed by atoms with Crippen LogP contribution >= 0.6 is 27.7 Å². The van der Waals surface area contributed by atoms with Crippen molar-refractivity contribution in [2.24, 2.45) is 0 Å². The molecule has 0 aliphatic carbocycles. The summed E-state index contributed by atoms with van der Waals surface area (Å²) in [6.07, 6.45) is 3.48. The van der Waals surface area contributed by atoms with E-state index >= 15 is 0 Å². The van der Waals surface area contributed by atoms with Gasteiger partial charge < -0.3 is 4.98 Å². The molecule has 0 radical (unpaired) electrons. The molecule has 0 atom stereocenters. The molecule has 0 fully saturated rings. The molecular formula is C12H12BrN3OS. The summed E-state index contributed by atoms with van der Waals surface area (Å²) in [5, 5.41) is 1.36. The number of nitrogens with one attached hydrogen (secondary N) is 1. The maximum absolute atomic E-state index is 11.5. The molecule has 2 rings (SSSR count). The lowest BCUT2D eigenvalue weighted by Gasteiger charge is -2.03. The van der Waals surface area contributed by atoms with Gasteiger partial charge in [0.1, 0.15) is 5.03 Å². The first-order valence-electron chi connectivity index (χ1n) is 5.57. The fraction of sp³-hybridized carbons (Fsp3) is 0.250. The lowest BCUT2D eigenvalue weighted by Crippen LogP contribution is -2.09. The Labute approximate surface area is 117 Å². The molecule has 18 heavy (non-hydrogen) atoms. The molecule has 6 heteroatoms. The molecule has 0 amide bonds. The molecule has 0 bridgehead atoms. The average molecular weight is 326 g/mol. The normalized spacial score (nSPS) is 10.6. The Morgan fingerprint density at radius 1 is 1.50 bits per heavy atom. The summed E-state index contributed by atoms with van der Waals surface area (Å²) in [7, 11) is 0. The SMILES string of the molecule is CCCc1cc(=O)[nH]c(Sc2ncccc2Br)n1. The molecule has 0 spiro atoms. The van der Waals surface area contributed by atoms with E-state index in [1.54, 1.807) is 12.3 Å². The number of aromatic nitrogens is 3. The summed E-state index contributed by atoms with van der Waals surface area (Å²) in [4.78, 5) is 22.9. The van der Waals surface area contributed by atoms with Crippen molar-refractivity contribution in [2.75, 3.05) is 0 Å². The smallest absolute Gasteiger partial charge is 0.251 e. The molecule has 0 saturated carbocycles. The molecule has 0 aliphatic heterocycles.